The van der Waals surface area contributed by atoms with Crippen molar-refractivity contribution in [2.45, 2.75) is 51.4 Å². The van der Waals surface area contributed by atoms with Gasteiger partial charge in [0.15, 0.2) is 6.23 Å². The Morgan fingerprint density at radius 2 is 1.76 bits per heavy atom. The quantitative estimate of drug-likeness (QED) is 0.152. The molecule has 204 valence electrons. The van der Waals surface area contributed by atoms with E-state index in [2.05, 4.69) is 9.88 Å². The van der Waals surface area contributed by atoms with E-state index >= 15 is 0 Å². The Bertz CT molecular complexity index is 1180. The molecule has 0 saturated carbocycles. The van der Waals surface area contributed by atoms with Gasteiger partial charge in [-0.25, -0.2) is 0 Å². The Morgan fingerprint density at radius 1 is 1.11 bits per heavy atom. The molecule has 0 radical (unpaired) electrons. The molecule has 0 aliphatic carbocycles. The molecule has 1 saturated heterocycles. The first kappa shape index (κ1) is 28.0. The summed E-state index contributed by atoms with van der Waals surface area (Å²) >= 11 is 12.0. The van der Waals surface area contributed by atoms with Gasteiger partial charge in [-0.05, 0) is 109 Å². The predicted octanol–water partition coefficient (Wildman–Crippen LogP) is 6.52. The van der Waals surface area contributed by atoms with Crippen LogP contribution in [0.4, 0.5) is 11.5 Å². The van der Waals surface area contributed by atoms with Crippen molar-refractivity contribution in [3.63, 3.8) is 0 Å². The number of aliphatic hydroxyl groups excluding tert-OH is 1. The molecule has 0 amide bonds. The fourth-order valence-electron chi connectivity index (χ4n) is 4.62. The van der Waals surface area contributed by atoms with E-state index in [-0.39, 0.29) is 17.5 Å². The van der Waals surface area contributed by atoms with Crippen molar-refractivity contribution in [1.82, 2.24) is 9.55 Å². The van der Waals surface area contributed by atoms with Crippen LogP contribution < -0.4 is 14.4 Å². The Hall–Kier alpha value is -3.01. The van der Waals surface area contributed by atoms with Crippen molar-refractivity contribution in [3.05, 3.63) is 75.1 Å². The third-order valence-electron chi connectivity index (χ3n) is 6.64. The van der Waals surface area contributed by atoms with Crippen molar-refractivity contribution >= 4 is 34.7 Å². The number of aliphatic hydroxyl groups is 1. The normalized spacial score (nSPS) is 15.7. The minimum Gasteiger partial charge on any atom is -0.494 e. The zero-order valence-electron chi connectivity index (χ0n) is 21.2. The first-order chi connectivity index (χ1) is 18.3. The average molecular weight is 563 g/mol. The van der Waals surface area contributed by atoms with E-state index in [9.17, 15) is 15.2 Å². The summed E-state index contributed by atoms with van der Waals surface area (Å²) < 4.78 is 13.2. The number of hydrogen-bond acceptors (Lipinski definition) is 7. The van der Waals surface area contributed by atoms with Crippen LogP contribution in [0.3, 0.4) is 0 Å². The van der Waals surface area contributed by atoms with Gasteiger partial charge in [0, 0.05) is 30.2 Å². The number of piperidine rings is 1. The van der Waals surface area contributed by atoms with Crippen molar-refractivity contribution in [2.24, 2.45) is 5.92 Å². The zero-order valence-corrected chi connectivity index (χ0v) is 22.7. The van der Waals surface area contributed by atoms with Gasteiger partial charge < -0.3 is 29.6 Å². The second kappa shape index (κ2) is 13.2. The van der Waals surface area contributed by atoms with E-state index in [0.29, 0.717) is 23.3 Å². The van der Waals surface area contributed by atoms with Crippen LogP contribution in [0.1, 0.15) is 45.3 Å². The molecule has 2 unspecified atom stereocenters. The molecule has 1 aliphatic heterocycles. The Balaban J connectivity index is 1.26. The van der Waals surface area contributed by atoms with Crippen LogP contribution in [0.5, 0.6) is 11.5 Å². The maximum Gasteiger partial charge on any atom is 0.383 e. The summed E-state index contributed by atoms with van der Waals surface area (Å²) in [5.74, 6) is 1.74. The van der Waals surface area contributed by atoms with Gasteiger partial charge in [0.25, 0.3) is 0 Å². The van der Waals surface area contributed by atoms with E-state index in [4.69, 9.17) is 32.7 Å². The lowest BCUT2D eigenvalue weighted by molar-refractivity contribution is -0.389. The fraction of sp³-hybridized carbons (Fsp3) is 0.444. The monoisotopic (exact) mass is 562 g/mol. The molecule has 1 N–H and O–H groups in total. The Kier molecular flexibility index (Phi) is 9.71. The number of imidazole rings is 1. The topological polar surface area (TPSA) is 103 Å². The highest BCUT2D eigenvalue weighted by Crippen LogP contribution is 2.30. The van der Waals surface area contributed by atoms with Gasteiger partial charge >= 0.3 is 11.1 Å². The molecule has 38 heavy (non-hydrogen) atoms. The summed E-state index contributed by atoms with van der Waals surface area (Å²) in [6.07, 6.45) is 4.40. The van der Waals surface area contributed by atoms with Gasteiger partial charge in [0.05, 0.1) is 12.7 Å². The standard InChI is InChI=1S/C27H32Cl2N4O5/c1-19(34)17-26(32-18-25(33(35)36)30-27(32)29)38-24-10-6-22(7-11-24)31-14-12-20(13-15-31)3-2-16-37-23-8-4-21(28)5-9-23/h4-11,18-20,26,34H,2-3,12-17H2,1H3. The summed E-state index contributed by atoms with van der Waals surface area (Å²) in [4.78, 5) is 16.6. The minimum atomic E-state index is -0.742. The first-order valence-electron chi connectivity index (χ1n) is 12.8. The summed E-state index contributed by atoms with van der Waals surface area (Å²) in [5.41, 5.74) is 1.12. The molecular weight excluding hydrogens is 531 g/mol. The van der Waals surface area contributed by atoms with Crippen molar-refractivity contribution in [3.8, 4) is 11.5 Å². The van der Waals surface area contributed by atoms with Crippen molar-refractivity contribution in [2.75, 3.05) is 24.6 Å². The van der Waals surface area contributed by atoms with E-state index in [1.807, 2.05) is 48.5 Å². The van der Waals surface area contributed by atoms with E-state index < -0.39 is 17.3 Å². The lowest BCUT2D eigenvalue weighted by Gasteiger charge is -2.33. The smallest absolute Gasteiger partial charge is 0.383 e. The summed E-state index contributed by atoms with van der Waals surface area (Å²) in [6, 6.07) is 15.2. The SMILES string of the molecule is CC(O)CC(Oc1ccc(N2CCC(CCCOc3ccc(Cl)cc3)CC2)cc1)n1cc([N+](=O)[O-])nc1Cl. The Morgan fingerprint density at radius 3 is 2.37 bits per heavy atom. The van der Waals surface area contributed by atoms with Crippen LogP contribution in [0.25, 0.3) is 0 Å². The maximum absolute atomic E-state index is 11.1. The first-order valence-corrected chi connectivity index (χ1v) is 13.5. The number of rotatable bonds is 12. The van der Waals surface area contributed by atoms with E-state index in [1.165, 1.54) is 10.8 Å². The molecule has 1 fully saturated rings. The van der Waals surface area contributed by atoms with Gasteiger partial charge in [-0.3, -0.25) is 4.57 Å². The van der Waals surface area contributed by atoms with Gasteiger partial charge in [-0.2, -0.15) is 0 Å². The maximum atomic E-state index is 11.1. The van der Waals surface area contributed by atoms with E-state index in [0.717, 1.165) is 50.2 Å². The van der Waals surface area contributed by atoms with Crippen molar-refractivity contribution < 1.29 is 19.5 Å². The molecule has 1 aliphatic rings. The van der Waals surface area contributed by atoms with Gasteiger partial charge in [-0.15, -0.1) is 0 Å². The number of nitro groups is 1. The number of nitrogens with zero attached hydrogens (tertiary/aromatic N) is 4. The number of aromatic nitrogens is 2. The van der Waals surface area contributed by atoms with Crippen LogP contribution >= 0.6 is 23.2 Å². The second-order valence-electron chi connectivity index (χ2n) is 9.56. The molecule has 0 spiro atoms. The molecule has 2 atom stereocenters. The number of anilines is 1. The molecule has 4 rings (SSSR count). The number of benzene rings is 2. The van der Waals surface area contributed by atoms with Crippen molar-refractivity contribution in [1.29, 1.82) is 0 Å². The Labute approximate surface area is 232 Å². The van der Waals surface area contributed by atoms with Gasteiger partial charge in [0.2, 0.25) is 0 Å². The van der Waals surface area contributed by atoms with Gasteiger partial charge in [0.1, 0.15) is 17.7 Å². The number of hydrogen-bond donors (Lipinski definition) is 1. The molecule has 0 bridgehead atoms. The van der Waals surface area contributed by atoms with E-state index in [1.54, 1.807) is 6.92 Å². The number of ether oxygens (including phenoxy) is 2. The number of halogens is 2. The highest BCUT2D eigenvalue weighted by atomic mass is 35.5. The van der Waals surface area contributed by atoms with Crippen LogP contribution in [0.2, 0.25) is 10.3 Å². The third-order valence-corrected chi connectivity index (χ3v) is 7.17. The lowest BCUT2D eigenvalue weighted by Crippen LogP contribution is -2.33. The molecule has 3 aromatic rings. The van der Waals surface area contributed by atoms with Crippen LogP contribution in [0.15, 0.2) is 54.7 Å². The second-order valence-corrected chi connectivity index (χ2v) is 10.3. The summed E-state index contributed by atoms with van der Waals surface area (Å²) in [7, 11) is 0. The largest absolute Gasteiger partial charge is 0.494 e. The highest BCUT2D eigenvalue weighted by molar-refractivity contribution is 6.30. The molecule has 11 heteroatoms. The molecule has 1 aromatic heterocycles. The molecule has 2 heterocycles. The van der Waals surface area contributed by atoms with Crippen LogP contribution in [0, 0.1) is 16.0 Å². The molecule has 9 nitrogen and oxygen atoms in total. The predicted molar refractivity (Wildman–Crippen MR) is 147 cm³/mol. The third kappa shape index (κ3) is 7.75. The average Bonchev–Trinajstić information content (AvgIpc) is 3.30. The molecular formula is C27H32Cl2N4O5. The molecule has 2 aromatic carbocycles. The minimum absolute atomic E-state index is 0.0709. The van der Waals surface area contributed by atoms with Crippen LogP contribution in [-0.4, -0.2) is 45.4 Å². The summed E-state index contributed by atoms with van der Waals surface area (Å²) in [6.45, 7) is 4.30. The fourth-order valence-corrected chi connectivity index (χ4v) is 4.99. The zero-order chi connectivity index (χ0) is 27.1. The lowest BCUT2D eigenvalue weighted by atomic mass is 9.92. The van der Waals surface area contributed by atoms with Crippen LogP contribution in [-0.2, 0) is 0 Å². The highest BCUT2D eigenvalue weighted by Gasteiger charge is 2.26. The van der Waals surface area contributed by atoms with Gasteiger partial charge in [-0.1, -0.05) is 11.6 Å². The summed E-state index contributed by atoms with van der Waals surface area (Å²) in [5, 5.41) is 21.6.